The van der Waals surface area contributed by atoms with Gasteiger partial charge in [0.2, 0.25) is 0 Å². The third-order valence-corrected chi connectivity index (χ3v) is 6.91. The van der Waals surface area contributed by atoms with Crippen molar-refractivity contribution in [3.05, 3.63) is 52.8 Å². The van der Waals surface area contributed by atoms with E-state index in [4.69, 9.17) is 25.8 Å². The van der Waals surface area contributed by atoms with Crippen molar-refractivity contribution in [1.29, 1.82) is 0 Å². The number of nitrogens with zero attached hydrogens (tertiary/aromatic N) is 4. The maximum atomic E-state index is 6.03. The molecule has 0 aliphatic carbocycles. The van der Waals surface area contributed by atoms with Crippen LogP contribution in [0.5, 0.6) is 17.2 Å². The Morgan fingerprint density at radius 3 is 2.45 bits per heavy atom. The van der Waals surface area contributed by atoms with Crippen LogP contribution < -0.4 is 14.2 Å². The van der Waals surface area contributed by atoms with E-state index in [0.717, 1.165) is 73.4 Å². The molecule has 0 amide bonds. The molecule has 0 N–H and O–H groups in total. The van der Waals surface area contributed by atoms with E-state index >= 15 is 0 Å². The van der Waals surface area contributed by atoms with Gasteiger partial charge in [0, 0.05) is 23.6 Å². The first-order valence-electron chi connectivity index (χ1n) is 11.5. The lowest BCUT2D eigenvalue weighted by Gasteiger charge is -2.31. The van der Waals surface area contributed by atoms with Crippen LogP contribution in [-0.2, 0) is 13.0 Å². The van der Waals surface area contributed by atoms with E-state index in [2.05, 4.69) is 31.8 Å². The maximum Gasteiger partial charge on any atom is 0.167 e. The van der Waals surface area contributed by atoms with Crippen LogP contribution in [0.1, 0.15) is 30.1 Å². The van der Waals surface area contributed by atoms with Crippen LogP contribution in [0, 0.1) is 0 Å². The van der Waals surface area contributed by atoms with Gasteiger partial charge in [0.15, 0.2) is 17.3 Å². The number of hydrogen-bond donors (Lipinski definition) is 0. The number of hydrogen-bond acceptors (Lipinski definition) is 6. The van der Waals surface area contributed by atoms with Crippen molar-refractivity contribution in [3.63, 3.8) is 0 Å². The number of ether oxygens (including phenoxy) is 3. The van der Waals surface area contributed by atoms with E-state index in [-0.39, 0.29) is 0 Å². The maximum absolute atomic E-state index is 6.03. The van der Waals surface area contributed by atoms with Crippen LogP contribution >= 0.6 is 11.6 Å². The molecule has 2 aliphatic heterocycles. The second-order valence-corrected chi connectivity index (χ2v) is 9.01. The van der Waals surface area contributed by atoms with Gasteiger partial charge in [-0.1, -0.05) is 23.7 Å². The summed E-state index contributed by atoms with van der Waals surface area (Å²) in [6, 6.07) is 12.0. The summed E-state index contributed by atoms with van der Waals surface area (Å²) in [5.74, 6) is 4.36. The summed E-state index contributed by atoms with van der Waals surface area (Å²) in [6.07, 6.45) is 3.21. The molecule has 0 saturated carbocycles. The molecule has 0 bridgehead atoms. The normalized spacial score (nSPS) is 16.5. The van der Waals surface area contributed by atoms with Gasteiger partial charge in [0.05, 0.1) is 26.3 Å². The molecule has 3 heterocycles. The number of fused-ring (bicyclic) bond motifs is 3. The molecular weight excluding hydrogens is 440 g/mol. The molecular formula is C25H29ClN4O3. The predicted molar refractivity (Wildman–Crippen MR) is 128 cm³/mol. The monoisotopic (exact) mass is 468 g/mol. The Labute approximate surface area is 199 Å². The average molecular weight is 469 g/mol. The molecule has 1 saturated heterocycles. The van der Waals surface area contributed by atoms with E-state index in [1.807, 2.05) is 24.3 Å². The number of rotatable bonds is 6. The standard InChI is InChI=1S/C25H29ClN4O3/c1-31-22-15-20-21(16-23(22)32-2)33-14-13-30-24(27-28-25(20)30)18-8-11-29(12-9-18)10-7-17-3-5-19(26)6-4-17/h3-6,15-16,18H,7-14H2,1-2H3. The van der Waals surface area contributed by atoms with Crippen molar-refractivity contribution in [2.75, 3.05) is 40.5 Å². The topological polar surface area (TPSA) is 61.6 Å². The van der Waals surface area contributed by atoms with Crippen molar-refractivity contribution in [2.45, 2.75) is 31.7 Å². The lowest BCUT2D eigenvalue weighted by atomic mass is 9.95. The minimum absolute atomic E-state index is 0.403. The molecule has 33 heavy (non-hydrogen) atoms. The highest BCUT2D eigenvalue weighted by molar-refractivity contribution is 6.30. The summed E-state index contributed by atoms with van der Waals surface area (Å²) < 4.78 is 19.2. The number of piperidine rings is 1. The van der Waals surface area contributed by atoms with Crippen molar-refractivity contribution in [2.24, 2.45) is 0 Å². The van der Waals surface area contributed by atoms with Gasteiger partial charge in [-0.05, 0) is 56.1 Å². The SMILES string of the molecule is COc1cc2c(cc1OC)-c1nnc(C3CCN(CCc4ccc(Cl)cc4)CC3)n1CCO2. The van der Waals surface area contributed by atoms with Gasteiger partial charge in [-0.25, -0.2) is 0 Å². The Balaban J connectivity index is 1.29. The third kappa shape index (κ3) is 4.52. The van der Waals surface area contributed by atoms with Crippen LogP contribution in [0.3, 0.4) is 0 Å². The molecule has 1 fully saturated rings. The van der Waals surface area contributed by atoms with Crippen LogP contribution in [0.25, 0.3) is 11.4 Å². The Kier molecular flexibility index (Phi) is 6.42. The molecule has 0 spiro atoms. The van der Waals surface area contributed by atoms with Gasteiger partial charge >= 0.3 is 0 Å². The van der Waals surface area contributed by atoms with E-state index in [1.54, 1.807) is 14.2 Å². The molecule has 0 atom stereocenters. The number of benzene rings is 2. The highest BCUT2D eigenvalue weighted by Crippen LogP contribution is 2.41. The van der Waals surface area contributed by atoms with Gasteiger partial charge < -0.3 is 23.7 Å². The molecule has 7 nitrogen and oxygen atoms in total. The number of aromatic nitrogens is 3. The molecule has 8 heteroatoms. The summed E-state index contributed by atoms with van der Waals surface area (Å²) in [5.41, 5.74) is 2.22. The number of methoxy groups -OCH3 is 2. The summed E-state index contributed by atoms with van der Waals surface area (Å²) in [4.78, 5) is 2.54. The minimum atomic E-state index is 0.403. The van der Waals surface area contributed by atoms with Crippen molar-refractivity contribution >= 4 is 11.6 Å². The molecule has 0 radical (unpaired) electrons. The molecule has 3 aromatic rings. The fourth-order valence-electron chi connectivity index (χ4n) is 4.79. The highest BCUT2D eigenvalue weighted by atomic mass is 35.5. The molecule has 0 unspecified atom stereocenters. The van der Waals surface area contributed by atoms with Gasteiger partial charge in [0.25, 0.3) is 0 Å². The third-order valence-electron chi connectivity index (χ3n) is 6.66. The first-order valence-corrected chi connectivity index (χ1v) is 11.8. The zero-order chi connectivity index (χ0) is 22.8. The number of halogens is 1. The lowest BCUT2D eigenvalue weighted by Crippen LogP contribution is -2.35. The van der Waals surface area contributed by atoms with E-state index < -0.39 is 0 Å². The zero-order valence-electron chi connectivity index (χ0n) is 19.1. The molecule has 5 rings (SSSR count). The van der Waals surface area contributed by atoms with Crippen LogP contribution in [-0.4, -0.2) is 60.1 Å². The molecule has 174 valence electrons. The molecule has 2 aromatic carbocycles. The van der Waals surface area contributed by atoms with Crippen LogP contribution in [0.4, 0.5) is 0 Å². The second kappa shape index (κ2) is 9.61. The first kappa shape index (κ1) is 22.0. The number of likely N-dealkylation sites (tertiary alicyclic amines) is 1. The van der Waals surface area contributed by atoms with Crippen molar-refractivity contribution in [3.8, 4) is 28.6 Å². The fraction of sp³-hybridized carbons (Fsp3) is 0.440. The summed E-state index contributed by atoms with van der Waals surface area (Å²) in [5, 5.41) is 10.0. The van der Waals surface area contributed by atoms with Crippen molar-refractivity contribution in [1.82, 2.24) is 19.7 Å². The summed E-state index contributed by atoms with van der Waals surface area (Å²) in [6.45, 7) is 4.50. The highest BCUT2D eigenvalue weighted by Gasteiger charge is 2.29. The van der Waals surface area contributed by atoms with E-state index in [1.165, 1.54) is 5.56 Å². The van der Waals surface area contributed by atoms with E-state index in [0.29, 0.717) is 24.0 Å². The lowest BCUT2D eigenvalue weighted by molar-refractivity contribution is 0.208. The Morgan fingerprint density at radius 1 is 1.00 bits per heavy atom. The summed E-state index contributed by atoms with van der Waals surface area (Å²) >= 11 is 6.00. The smallest absolute Gasteiger partial charge is 0.167 e. The summed E-state index contributed by atoms with van der Waals surface area (Å²) in [7, 11) is 3.27. The average Bonchev–Trinajstić information content (AvgIpc) is 3.19. The quantitative estimate of drug-likeness (QED) is 0.533. The predicted octanol–water partition coefficient (Wildman–Crippen LogP) is 4.43. The zero-order valence-corrected chi connectivity index (χ0v) is 19.8. The minimum Gasteiger partial charge on any atom is -0.493 e. The Hall–Kier alpha value is -2.77. The first-order chi connectivity index (χ1) is 16.2. The van der Waals surface area contributed by atoms with Crippen LogP contribution in [0.15, 0.2) is 36.4 Å². The van der Waals surface area contributed by atoms with E-state index in [9.17, 15) is 0 Å². The largest absolute Gasteiger partial charge is 0.493 e. The second-order valence-electron chi connectivity index (χ2n) is 8.58. The molecule has 1 aromatic heterocycles. The van der Waals surface area contributed by atoms with Crippen LogP contribution in [0.2, 0.25) is 5.02 Å². The van der Waals surface area contributed by atoms with Gasteiger partial charge in [-0.2, -0.15) is 0 Å². The Morgan fingerprint density at radius 2 is 1.73 bits per heavy atom. The molecule has 2 aliphatic rings. The van der Waals surface area contributed by atoms with Crippen molar-refractivity contribution < 1.29 is 14.2 Å². The Bertz CT molecular complexity index is 1110. The van der Waals surface area contributed by atoms with Gasteiger partial charge in [-0.15, -0.1) is 10.2 Å². The van der Waals surface area contributed by atoms with Gasteiger partial charge in [0.1, 0.15) is 18.2 Å². The van der Waals surface area contributed by atoms with Gasteiger partial charge in [-0.3, -0.25) is 0 Å². The fourth-order valence-corrected chi connectivity index (χ4v) is 4.92.